The Hall–Kier alpha value is -0.610. The topological polar surface area (TPSA) is 47.6 Å². The van der Waals surface area contributed by atoms with E-state index in [1.165, 1.54) is 7.11 Å². The SMILES string of the molecule is CCC(CNCCCOC)C(=O)OC. The van der Waals surface area contributed by atoms with Crippen LogP contribution < -0.4 is 5.32 Å². The average Bonchev–Trinajstić information content (AvgIpc) is 2.22. The van der Waals surface area contributed by atoms with Crippen LogP contribution >= 0.6 is 0 Å². The Labute approximate surface area is 86.0 Å². The summed E-state index contributed by atoms with van der Waals surface area (Å²) >= 11 is 0. The van der Waals surface area contributed by atoms with Crippen molar-refractivity contribution in [1.29, 1.82) is 0 Å². The maximum absolute atomic E-state index is 11.2. The minimum Gasteiger partial charge on any atom is -0.469 e. The number of hydrogen-bond donors (Lipinski definition) is 1. The molecule has 4 nitrogen and oxygen atoms in total. The number of ether oxygens (including phenoxy) is 2. The van der Waals surface area contributed by atoms with Gasteiger partial charge in [-0.15, -0.1) is 0 Å². The number of hydrogen-bond acceptors (Lipinski definition) is 4. The van der Waals surface area contributed by atoms with Gasteiger partial charge < -0.3 is 14.8 Å². The van der Waals surface area contributed by atoms with E-state index in [0.717, 1.165) is 26.0 Å². The standard InChI is InChI=1S/C10H21NO3/c1-4-9(10(12)14-3)8-11-6-5-7-13-2/h9,11H,4-8H2,1-3H3. The monoisotopic (exact) mass is 203 g/mol. The van der Waals surface area contributed by atoms with Gasteiger partial charge in [-0.3, -0.25) is 4.79 Å². The largest absolute Gasteiger partial charge is 0.469 e. The summed E-state index contributed by atoms with van der Waals surface area (Å²) in [6.45, 7) is 4.30. The van der Waals surface area contributed by atoms with Gasteiger partial charge in [-0.25, -0.2) is 0 Å². The fraction of sp³-hybridized carbons (Fsp3) is 0.900. The highest BCUT2D eigenvalue weighted by molar-refractivity contribution is 5.72. The second-order valence-electron chi connectivity index (χ2n) is 3.18. The molecule has 0 aromatic heterocycles. The van der Waals surface area contributed by atoms with E-state index in [2.05, 4.69) is 10.1 Å². The zero-order valence-electron chi connectivity index (χ0n) is 9.34. The van der Waals surface area contributed by atoms with Gasteiger partial charge >= 0.3 is 5.97 Å². The normalized spacial score (nSPS) is 12.5. The summed E-state index contributed by atoms with van der Waals surface area (Å²) in [5, 5.41) is 3.21. The number of nitrogens with one attached hydrogen (secondary N) is 1. The van der Waals surface area contributed by atoms with Crippen LogP contribution in [0.25, 0.3) is 0 Å². The Morgan fingerprint density at radius 1 is 1.43 bits per heavy atom. The fourth-order valence-corrected chi connectivity index (χ4v) is 1.18. The Balaban J connectivity index is 3.48. The van der Waals surface area contributed by atoms with Crippen molar-refractivity contribution in [2.45, 2.75) is 19.8 Å². The second-order valence-corrected chi connectivity index (χ2v) is 3.18. The lowest BCUT2D eigenvalue weighted by molar-refractivity contribution is -0.145. The molecule has 1 atom stereocenters. The van der Waals surface area contributed by atoms with Crippen molar-refractivity contribution < 1.29 is 14.3 Å². The van der Waals surface area contributed by atoms with Crippen molar-refractivity contribution in [1.82, 2.24) is 5.32 Å². The summed E-state index contributed by atoms with van der Waals surface area (Å²) in [6, 6.07) is 0. The summed E-state index contributed by atoms with van der Waals surface area (Å²) in [5.74, 6) is -0.158. The molecule has 4 heteroatoms. The molecule has 0 spiro atoms. The van der Waals surface area contributed by atoms with E-state index >= 15 is 0 Å². The minimum absolute atomic E-state index is 0.0254. The van der Waals surface area contributed by atoms with Crippen LogP contribution in [-0.4, -0.2) is 39.9 Å². The predicted molar refractivity (Wildman–Crippen MR) is 55.2 cm³/mol. The highest BCUT2D eigenvalue weighted by Crippen LogP contribution is 2.02. The van der Waals surface area contributed by atoms with Crippen LogP contribution in [0.4, 0.5) is 0 Å². The molecule has 0 fully saturated rings. The smallest absolute Gasteiger partial charge is 0.309 e. The number of methoxy groups -OCH3 is 2. The zero-order valence-corrected chi connectivity index (χ0v) is 9.34. The molecule has 14 heavy (non-hydrogen) atoms. The van der Waals surface area contributed by atoms with Gasteiger partial charge in [-0.2, -0.15) is 0 Å². The second kappa shape index (κ2) is 8.97. The molecule has 0 rings (SSSR count). The van der Waals surface area contributed by atoms with Crippen LogP contribution in [0.1, 0.15) is 19.8 Å². The summed E-state index contributed by atoms with van der Waals surface area (Å²) in [7, 11) is 3.11. The molecule has 0 aromatic carbocycles. The number of carbonyl (C=O) groups is 1. The van der Waals surface area contributed by atoms with Gasteiger partial charge in [0.15, 0.2) is 0 Å². The zero-order chi connectivity index (χ0) is 10.8. The summed E-state index contributed by atoms with van der Waals surface area (Å²) in [4.78, 5) is 11.2. The minimum atomic E-state index is -0.133. The maximum atomic E-state index is 11.2. The lowest BCUT2D eigenvalue weighted by Gasteiger charge is -2.12. The number of rotatable bonds is 8. The molecule has 0 radical (unpaired) electrons. The quantitative estimate of drug-likeness (QED) is 0.468. The van der Waals surface area contributed by atoms with Crippen LogP contribution in [0.5, 0.6) is 0 Å². The third-order valence-corrected chi connectivity index (χ3v) is 2.12. The first-order chi connectivity index (χ1) is 6.76. The fourth-order valence-electron chi connectivity index (χ4n) is 1.18. The van der Waals surface area contributed by atoms with E-state index in [9.17, 15) is 4.79 Å². The van der Waals surface area contributed by atoms with E-state index < -0.39 is 0 Å². The van der Waals surface area contributed by atoms with Crippen LogP contribution in [0.2, 0.25) is 0 Å². The Kier molecular flexibility index (Phi) is 8.57. The molecule has 0 saturated heterocycles. The lowest BCUT2D eigenvalue weighted by Crippen LogP contribution is -2.29. The van der Waals surface area contributed by atoms with Crippen molar-refractivity contribution >= 4 is 5.97 Å². The molecule has 0 aliphatic carbocycles. The van der Waals surface area contributed by atoms with Crippen molar-refractivity contribution in [3.8, 4) is 0 Å². The molecule has 0 aliphatic rings. The van der Waals surface area contributed by atoms with Crippen molar-refractivity contribution in [2.75, 3.05) is 33.9 Å². The third-order valence-electron chi connectivity index (χ3n) is 2.12. The molecule has 0 amide bonds. The first kappa shape index (κ1) is 13.4. The van der Waals surface area contributed by atoms with Crippen molar-refractivity contribution in [2.24, 2.45) is 5.92 Å². The summed E-state index contributed by atoms with van der Waals surface area (Å²) in [5.41, 5.74) is 0. The van der Waals surface area contributed by atoms with Crippen LogP contribution in [0.15, 0.2) is 0 Å². The Bertz CT molecular complexity index is 150. The van der Waals surface area contributed by atoms with E-state index in [-0.39, 0.29) is 11.9 Å². The van der Waals surface area contributed by atoms with Crippen LogP contribution in [0.3, 0.4) is 0 Å². The first-order valence-corrected chi connectivity index (χ1v) is 5.03. The van der Waals surface area contributed by atoms with Crippen LogP contribution in [0, 0.1) is 5.92 Å². The van der Waals surface area contributed by atoms with Crippen molar-refractivity contribution in [3.05, 3.63) is 0 Å². The van der Waals surface area contributed by atoms with E-state index in [1.54, 1.807) is 7.11 Å². The highest BCUT2D eigenvalue weighted by Gasteiger charge is 2.15. The van der Waals surface area contributed by atoms with Gasteiger partial charge in [0.1, 0.15) is 0 Å². The molecular weight excluding hydrogens is 182 g/mol. The van der Waals surface area contributed by atoms with Gasteiger partial charge in [-0.05, 0) is 19.4 Å². The van der Waals surface area contributed by atoms with Gasteiger partial charge in [0.25, 0.3) is 0 Å². The van der Waals surface area contributed by atoms with E-state index in [0.29, 0.717) is 6.54 Å². The first-order valence-electron chi connectivity index (χ1n) is 5.03. The molecule has 84 valence electrons. The average molecular weight is 203 g/mol. The lowest BCUT2D eigenvalue weighted by atomic mass is 10.1. The molecule has 0 saturated carbocycles. The predicted octanol–water partition coefficient (Wildman–Crippen LogP) is 0.812. The summed E-state index contributed by atoms with van der Waals surface area (Å²) in [6.07, 6.45) is 1.78. The van der Waals surface area contributed by atoms with Gasteiger partial charge in [-0.1, -0.05) is 6.92 Å². The maximum Gasteiger partial charge on any atom is 0.309 e. The molecule has 1 N–H and O–H groups in total. The molecule has 0 aromatic rings. The molecule has 1 unspecified atom stereocenters. The van der Waals surface area contributed by atoms with Crippen molar-refractivity contribution in [3.63, 3.8) is 0 Å². The molecule has 0 bridgehead atoms. The van der Waals surface area contributed by atoms with Crippen LogP contribution in [-0.2, 0) is 14.3 Å². The Morgan fingerprint density at radius 2 is 2.14 bits per heavy atom. The van der Waals surface area contributed by atoms with E-state index in [1.807, 2.05) is 6.92 Å². The third kappa shape index (κ3) is 5.94. The van der Waals surface area contributed by atoms with Gasteiger partial charge in [0.05, 0.1) is 13.0 Å². The summed E-state index contributed by atoms with van der Waals surface area (Å²) < 4.78 is 9.59. The van der Waals surface area contributed by atoms with E-state index in [4.69, 9.17) is 4.74 Å². The molecule has 0 heterocycles. The highest BCUT2D eigenvalue weighted by atomic mass is 16.5. The van der Waals surface area contributed by atoms with Gasteiger partial charge in [0.2, 0.25) is 0 Å². The Morgan fingerprint density at radius 3 is 2.64 bits per heavy atom. The molecular formula is C10H21NO3. The van der Waals surface area contributed by atoms with Gasteiger partial charge in [0, 0.05) is 20.3 Å². The molecule has 0 aliphatic heterocycles. The number of esters is 1. The number of carbonyl (C=O) groups excluding carboxylic acids is 1.